The molecule has 0 spiro atoms. The van der Waals surface area contributed by atoms with Crippen molar-refractivity contribution in [1.82, 2.24) is 14.7 Å². The van der Waals surface area contributed by atoms with Gasteiger partial charge in [0.15, 0.2) is 0 Å². The first-order valence-electron chi connectivity index (χ1n) is 7.97. The van der Waals surface area contributed by atoms with Crippen LogP contribution in [0.2, 0.25) is 5.02 Å². The van der Waals surface area contributed by atoms with Crippen LogP contribution < -0.4 is 9.62 Å². The number of halogens is 2. The van der Waals surface area contributed by atoms with E-state index in [1.807, 2.05) is 6.07 Å². The molecule has 6 nitrogen and oxygen atoms in total. The molecule has 1 aromatic carbocycles. The fourth-order valence-corrected chi connectivity index (χ4v) is 3.91. The molecule has 2 aromatic rings. The number of benzene rings is 1. The first-order chi connectivity index (χ1) is 12.0. The molecule has 0 unspecified atom stereocenters. The number of anilines is 1. The SMILES string of the molecule is O=S(=O)(NCc1nccc(N2CCCCC2)n1)c1ccc(F)c(Cl)c1. The maximum absolute atomic E-state index is 13.2. The van der Waals surface area contributed by atoms with Crippen molar-refractivity contribution >= 4 is 27.4 Å². The van der Waals surface area contributed by atoms with Crippen LogP contribution in [0.3, 0.4) is 0 Å². The van der Waals surface area contributed by atoms with E-state index in [-0.39, 0.29) is 16.5 Å². The van der Waals surface area contributed by atoms with Crippen molar-refractivity contribution in [2.75, 3.05) is 18.0 Å². The van der Waals surface area contributed by atoms with Gasteiger partial charge < -0.3 is 4.90 Å². The average Bonchev–Trinajstić information content (AvgIpc) is 2.63. The molecule has 1 aliphatic rings. The van der Waals surface area contributed by atoms with Gasteiger partial charge in [0.2, 0.25) is 10.0 Å². The summed E-state index contributed by atoms with van der Waals surface area (Å²) >= 11 is 5.65. The molecule has 134 valence electrons. The summed E-state index contributed by atoms with van der Waals surface area (Å²) < 4.78 is 40.2. The van der Waals surface area contributed by atoms with Crippen LogP contribution in [-0.2, 0) is 16.6 Å². The number of rotatable bonds is 5. The molecule has 0 bridgehead atoms. The van der Waals surface area contributed by atoms with Gasteiger partial charge in [-0.25, -0.2) is 27.5 Å². The normalized spacial score (nSPS) is 15.4. The molecule has 9 heteroatoms. The van der Waals surface area contributed by atoms with Crippen LogP contribution in [0, 0.1) is 5.82 Å². The first kappa shape index (κ1) is 18.0. The van der Waals surface area contributed by atoms with Gasteiger partial charge in [-0.1, -0.05) is 11.6 Å². The van der Waals surface area contributed by atoms with Crippen molar-refractivity contribution < 1.29 is 12.8 Å². The highest BCUT2D eigenvalue weighted by Crippen LogP contribution is 2.20. The minimum Gasteiger partial charge on any atom is -0.357 e. The minimum absolute atomic E-state index is 0.0565. The second-order valence-corrected chi connectivity index (χ2v) is 7.95. The van der Waals surface area contributed by atoms with Crippen LogP contribution >= 0.6 is 11.6 Å². The lowest BCUT2D eigenvalue weighted by atomic mass is 10.1. The summed E-state index contributed by atoms with van der Waals surface area (Å²) in [6.07, 6.45) is 5.08. The third-order valence-electron chi connectivity index (χ3n) is 3.99. The number of hydrogen-bond donors (Lipinski definition) is 1. The van der Waals surface area contributed by atoms with Gasteiger partial charge in [-0.2, -0.15) is 0 Å². The lowest BCUT2D eigenvalue weighted by molar-refractivity contribution is 0.569. The van der Waals surface area contributed by atoms with Gasteiger partial charge in [-0.15, -0.1) is 0 Å². The molecule has 0 saturated carbocycles. The Morgan fingerprint density at radius 1 is 1.20 bits per heavy atom. The second-order valence-electron chi connectivity index (χ2n) is 5.78. The van der Waals surface area contributed by atoms with E-state index in [1.54, 1.807) is 6.20 Å². The van der Waals surface area contributed by atoms with Crippen molar-refractivity contribution in [2.24, 2.45) is 0 Å². The molecule has 0 aliphatic carbocycles. The first-order valence-corrected chi connectivity index (χ1v) is 9.83. The Bertz CT molecular complexity index is 857. The van der Waals surface area contributed by atoms with E-state index in [4.69, 9.17) is 11.6 Å². The van der Waals surface area contributed by atoms with Crippen LogP contribution in [-0.4, -0.2) is 31.5 Å². The third kappa shape index (κ3) is 4.45. The number of sulfonamides is 1. The van der Waals surface area contributed by atoms with E-state index >= 15 is 0 Å². The predicted octanol–water partition coefficient (Wildman–Crippen LogP) is 2.74. The molecule has 0 amide bonds. The van der Waals surface area contributed by atoms with E-state index in [2.05, 4.69) is 19.6 Å². The molecule has 1 N–H and O–H groups in total. The number of hydrogen-bond acceptors (Lipinski definition) is 5. The summed E-state index contributed by atoms with van der Waals surface area (Å²) in [7, 11) is -3.83. The summed E-state index contributed by atoms with van der Waals surface area (Å²) in [6, 6.07) is 5.08. The third-order valence-corrected chi connectivity index (χ3v) is 5.68. The Labute approximate surface area is 151 Å². The Morgan fingerprint density at radius 3 is 2.68 bits per heavy atom. The predicted molar refractivity (Wildman–Crippen MR) is 93.5 cm³/mol. The van der Waals surface area contributed by atoms with E-state index < -0.39 is 15.8 Å². The fourth-order valence-electron chi connectivity index (χ4n) is 2.66. The molecular formula is C16H18ClFN4O2S. The zero-order valence-electron chi connectivity index (χ0n) is 13.5. The van der Waals surface area contributed by atoms with Crippen molar-refractivity contribution in [3.63, 3.8) is 0 Å². The van der Waals surface area contributed by atoms with E-state index in [9.17, 15) is 12.8 Å². The lowest BCUT2D eigenvalue weighted by Crippen LogP contribution is -2.31. The molecule has 0 atom stereocenters. The molecule has 1 aromatic heterocycles. The number of nitrogens with zero attached hydrogens (tertiary/aromatic N) is 3. The van der Waals surface area contributed by atoms with Gasteiger partial charge in [-0.3, -0.25) is 0 Å². The quantitative estimate of drug-likeness (QED) is 0.857. The van der Waals surface area contributed by atoms with Gasteiger partial charge in [0.05, 0.1) is 16.5 Å². The number of aromatic nitrogens is 2. The van der Waals surface area contributed by atoms with Crippen LogP contribution in [0.5, 0.6) is 0 Å². The summed E-state index contributed by atoms with van der Waals surface area (Å²) in [6.45, 7) is 1.82. The number of piperidine rings is 1. The number of nitrogens with one attached hydrogen (secondary N) is 1. The van der Waals surface area contributed by atoms with Crippen molar-refractivity contribution in [1.29, 1.82) is 0 Å². The highest BCUT2D eigenvalue weighted by atomic mass is 35.5. The maximum atomic E-state index is 13.2. The fraction of sp³-hybridized carbons (Fsp3) is 0.375. The highest BCUT2D eigenvalue weighted by molar-refractivity contribution is 7.89. The Balaban J connectivity index is 1.71. The van der Waals surface area contributed by atoms with Crippen molar-refractivity contribution in [3.05, 3.63) is 47.1 Å². The zero-order chi connectivity index (χ0) is 17.9. The molecule has 2 heterocycles. The van der Waals surface area contributed by atoms with Gasteiger partial charge >= 0.3 is 0 Å². The molecule has 1 aliphatic heterocycles. The highest BCUT2D eigenvalue weighted by Gasteiger charge is 2.17. The topological polar surface area (TPSA) is 75.2 Å². The Kier molecular flexibility index (Phi) is 5.51. The average molecular weight is 385 g/mol. The zero-order valence-corrected chi connectivity index (χ0v) is 15.0. The smallest absolute Gasteiger partial charge is 0.241 e. The summed E-state index contributed by atoms with van der Waals surface area (Å²) in [5.41, 5.74) is 0. The van der Waals surface area contributed by atoms with Gasteiger partial charge in [-0.05, 0) is 43.5 Å². The van der Waals surface area contributed by atoms with Crippen LogP contribution in [0.1, 0.15) is 25.1 Å². The molecule has 3 rings (SSSR count). The van der Waals surface area contributed by atoms with Crippen LogP contribution in [0.15, 0.2) is 35.4 Å². The van der Waals surface area contributed by atoms with E-state index in [0.717, 1.165) is 49.9 Å². The second kappa shape index (κ2) is 7.63. The van der Waals surface area contributed by atoms with E-state index in [0.29, 0.717) is 5.82 Å². The van der Waals surface area contributed by atoms with Gasteiger partial charge in [0.25, 0.3) is 0 Å². The Morgan fingerprint density at radius 2 is 1.96 bits per heavy atom. The summed E-state index contributed by atoms with van der Waals surface area (Å²) in [4.78, 5) is 10.6. The minimum atomic E-state index is -3.83. The molecular weight excluding hydrogens is 367 g/mol. The van der Waals surface area contributed by atoms with Crippen molar-refractivity contribution in [2.45, 2.75) is 30.7 Å². The van der Waals surface area contributed by atoms with Crippen molar-refractivity contribution in [3.8, 4) is 0 Å². The summed E-state index contributed by atoms with van der Waals surface area (Å²) in [5.74, 6) is 0.506. The standard InChI is InChI=1S/C16H18ClFN4O2S/c17-13-10-12(4-5-14(13)18)25(23,24)20-11-15-19-7-6-16(21-15)22-8-2-1-3-9-22/h4-7,10,20H,1-3,8-9,11H2. The van der Waals surface area contributed by atoms with Gasteiger partial charge in [0.1, 0.15) is 17.5 Å². The Hall–Kier alpha value is -1.77. The van der Waals surface area contributed by atoms with E-state index in [1.165, 1.54) is 6.42 Å². The molecule has 1 saturated heterocycles. The maximum Gasteiger partial charge on any atom is 0.241 e. The summed E-state index contributed by atoms with van der Waals surface area (Å²) in [5, 5.41) is -0.244. The monoisotopic (exact) mass is 384 g/mol. The lowest BCUT2D eigenvalue weighted by Gasteiger charge is -2.27. The van der Waals surface area contributed by atoms with Crippen LogP contribution in [0.25, 0.3) is 0 Å². The molecule has 0 radical (unpaired) electrons. The molecule has 25 heavy (non-hydrogen) atoms. The van der Waals surface area contributed by atoms with Crippen LogP contribution in [0.4, 0.5) is 10.2 Å². The van der Waals surface area contributed by atoms with Gasteiger partial charge in [0, 0.05) is 19.3 Å². The molecule has 1 fully saturated rings. The largest absolute Gasteiger partial charge is 0.357 e.